The van der Waals surface area contributed by atoms with Gasteiger partial charge in [0.05, 0.1) is 24.6 Å². The van der Waals surface area contributed by atoms with E-state index >= 15 is 0 Å². The van der Waals surface area contributed by atoms with Crippen LogP contribution in [0.4, 0.5) is 0 Å². The van der Waals surface area contributed by atoms with E-state index in [0.29, 0.717) is 24.4 Å². The van der Waals surface area contributed by atoms with Crippen molar-refractivity contribution >= 4 is 24.1 Å². The molecule has 1 aliphatic heterocycles. The fourth-order valence-electron chi connectivity index (χ4n) is 2.87. The third-order valence-corrected chi connectivity index (χ3v) is 4.72. The monoisotopic (exact) mass is 374 g/mol. The normalized spacial score (nSPS) is 16.7. The van der Waals surface area contributed by atoms with Gasteiger partial charge in [0.1, 0.15) is 22.7 Å². The highest BCUT2D eigenvalue weighted by atomic mass is 32.1. The van der Waals surface area contributed by atoms with E-state index in [2.05, 4.69) is 28.1 Å². The van der Waals surface area contributed by atoms with Crippen molar-refractivity contribution in [3.05, 3.63) is 41.2 Å². The van der Waals surface area contributed by atoms with Crippen LogP contribution in [0.15, 0.2) is 29.4 Å². The molecule has 26 heavy (non-hydrogen) atoms. The Labute approximate surface area is 157 Å². The standard InChI is InChI=1S/C18H22N4O3S/c1-11(23)16-15(17(26)14-9-18(2,3)25-20-14)19-21-22(16)10-12-5-7-13(24-4)8-6-12/h5-8,17,26H,9-10H2,1-4H3. The summed E-state index contributed by atoms with van der Waals surface area (Å²) in [7, 11) is 1.62. The van der Waals surface area contributed by atoms with Crippen LogP contribution in [0.1, 0.15) is 54.2 Å². The quantitative estimate of drug-likeness (QED) is 0.621. The molecule has 0 spiro atoms. The summed E-state index contributed by atoms with van der Waals surface area (Å²) in [5.41, 5.74) is 2.31. The molecule has 1 aliphatic rings. The largest absolute Gasteiger partial charge is 0.497 e. The molecular weight excluding hydrogens is 352 g/mol. The van der Waals surface area contributed by atoms with E-state index in [1.54, 1.807) is 11.8 Å². The lowest BCUT2D eigenvalue weighted by atomic mass is 9.98. The summed E-state index contributed by atoms with van der Waals surface area (Å²) in [6.45, 7) is 5.85. The van der Waals surface area contributed by atoms with Crippen LogP contribution >= 0.6 is 12.6 Å². The van der Waals surface area contributed by atoms with Gasteiger partial charge in [0.2, 0.25) is 0 Å². The van der Waals surface area contributed by atoms with Gasteiger partial charge in [-0.25, -0.2) is 4.68 Å². The first-order valence-electron chi connectivity index (χ1n) is 8.31. The molecule has 1 atom stereocenters. The van der Waals surface area contributed by atoms with Crippen molar-refractivity contribution in [2.45, 2.75) is 44.6 Å². The molecule has 0 fully saturated rings. The molecule has 0 saturated heterocycles. The molecule has 0 saturated carbocycles. The first-order chi connectivity index (χ1) is 12.3. The second-order valence-corrected chi connectivity index (χ2v) is 7.41. The van der Waals surface area contributed by atoms with Gasteiger partial charge in [-0.15, -0.1) is 5.10 Å². The number of benzene rings is 1. The number of thiol groups is 1. The van der Waals surface area contributed by atoms with Crippen molar-refractivity contribution in [2.75, 3.05) is 7.11 Å². The summed E-state index contributed by atoms with van der Waals surface area (Å²) in [6, 6.07) is 7.60. The molecule has 0 amide bonds. The third kappa shape index (κ3) is 3.75. The SMILES string of the molecule is COc1ccc(Cn2nnc(C(S)C3=NOC(C)(C)C3)c2C(C)=O)cc1. The van der Waals surface area contributed by atoms with E-state index in [1.807, 2.05) is 38.1 Å². The number of oxime groups is 1. The molecule has 2 heterocycles. The highest BCUT2D eigenvalue weighted by Crippen LogP contribution is 2.33. The topological polar surface area (TPSA) is 78.6 Å². The molecule has 1 aromatic carbocycles. The minimum Gasteiger partial charge on any atom is -0.497 e. The van der Waals surface area contributed by atoms with E-state index in [-0.39, 0.29) is 11.4 Å². The fraction of sp³-hybridized carbons (Fsp3) is 0.444. The second-order valence-electron chi connectivity index (χ2n) is 6.90. The number of hydrogen-bond acceptors (Lipinski definition) is 7. The second kappa shape index (κ2) is 7.11. The lowest BCUT2D eigenvalue weighted by Crippen LogP contribution is -2.21. The number of ether oxygens (including phenoxy) is 1. The average Bonchev–Trinajstić information content (AvgIpc) is 3.18. The van der Waals surface area contributed by atoms with E-state index in [1.165, 1.54) is 6.92 Å². The van der Waals surface area contributed by atoms with E-state index in [4.69, 9.17) is 9.57 Å². The molecule has 0 aliphatic carbocycles. The van der Waals surface area contributed by atoms with Crippen LogP contribution < -0.4 is 4.74 Å². The Morgan fingerprint density at radius 3 is 2.62 bits per heavy atom. The molecule has 8 heteroatoms. The van der Waals surface area contributed by atoms with E-state index in [0.717, 1.165) is 17.0 Å². The highest BCUT2D eigenvalue weighted by Gasteiger charge is 2.35. The number of carbonyl (C=O) groups excluding carboxylic acids is 1. The summed E-state index contributed by atoms with van der Waals surface area (Å²) in [6.07, 6.45) is 0.629. The molecule has 138 valence electrons. The summed E-state index contributed by atoms with van der Waals surface area (Å²) < 4.78 is 6.77. The first kappa shape index (κ1) is 18.4. The molecule has 7 nitrogen and oxygen atoms in total. The van der Waals surface area contributed by atoms with Gasteiger partial charge >= 0.3 is 0 Å². The third-order valence-electron chi connectivity index (χ3n) is 4.18. The lowest BCUT2D eigenvalue weighted by Gasteiger charge is -2.14. The maximum atomic E-state index is 12.3. The molecule has 1 unspecified atom stereocenters. The van der Waals surface area contributed by atoms with Crippen LogP contribution in [0, 0.1) is 0 Å². The Bertz CT molecular complexity index is 843. The minimum atomic E-state index is -0.430. The fourth-order valence-corrected chi connectivity index (χ4v) is 3.19. The van der Waals surface area contributed by atoms with Crippen LogP contribution in [0.2, 0.25) is 0 Å². The number of hydrogen-bond donors (Lipinski definition) is 1. The number of rotatable bonds is 6. The van der Waals surface area contributed by atoms with Crippen LogP contribution in [0.5, 0.6) is 5.75 Å². The minimum absolute atomic E-state index is 0.115. The average molecular weight is 374 g/mol. The maximum absolute atomic E-state index is 12.3. The van der Waals surface area contributed by atoms with Crippen molar-refractivity contribution in [3.8, 4) is 5.75 Å². The van der Waals surface area contributed by atoms with Crippen molar-refractivity contribution in [2.24, 2.45) is 5.16 Å². The zero-order valence-electron chi connectivity index (χ0n) is 15.3. The smallest absolute Gasteiger partial charge is 0.179 e. The van der Waals surface area contributed by atoms with Gasteiger partial charge in [-0.3, -0.25) is 4.79 Å². The van der Waals surface area contributed by atoms with Crippen LogP contribution in [0.3, 0.4) is 0 Å². The molecule has 3 rings (SSSR count). The van der Waals surface area contributed by atoms with Gasteiger partial charge in [-0.1, -0.05) is 22.5 Å². The molecule has 0 bridgehead atoms. The molecule has 0 N–H and O–H groups in total. The molecule has 2 aromatic rings. The number of methoxy groups -OCH3 is 1. The number of aromatic nitrogens is 3. The van der Waals surface area contributed by atoms with Crippen molar-refractivity contribution in [1.82, 2.24) is 15.0 Å². The van der Waals surface area contributed by atoms with Gasteiger partial charge in [-0.2, -0.15) is 12.6 Å². The van der Waals surface area contributed by atoms with Gasteiger partial charge in [0.15, 0.2) is 5.78 Å². The Morgan fingerprint density at radius 1 is 1.38 bits per heavy atom. The molecule has 1 aromatic heterocycles. The summed E-state index contributed by atoms with van der Waals surface area (Å²) in [5.74, 6) is 0.661. The number of ketones is 1. The predicted molar refractivity (Wildman–Crippen MR) is 101 cm³/mol. The van der Waals surface area contributed by atoms with E-state index < -0.39 is 5.25 Å². The summed E-state index contributed by atoms with van der Waals surface area (Å²) in [4.78, 5) is 17.7. The van der Waals surface area contributed by atoms with Crippen molar-refractivity contribution in [1.29, 1.82) is 0 Å². The molecule has 0 radical (unpaired) electrons. The highest BCUT2D eigenvalue weighted by molar-refractivity contribution is 7.81. The zero-order chi connectivity index (χ0) is 18.9. The Kier molecular flexibility index (Phi) is 5.04. The van der Waals surface area contributed by atoms with Gasteiger partial charge < -0.3 is 9.57 Å². The van der Waals surface area contributed by atoms with Gasteiger partial charge in [-0.05, 0) is 31.5 Å². The van der Waals surface area contributed by atoms with Crippen LogP contribution in [-0.4, -0.2) is 39.2 Å². The Morgan fingerprint density at radius 2 is 2.08 bits per heavy atom. The number of nitrogens with zero attached hydrogens (tertiary/aromatic N) is 4. The molecular formula is C18H22N4O3S. The van der Waals surface area contributed by atoms with E-state index in [9.17, 15) is 4.79 Å². The van der Waals surface area contributed by atoms with Gasteiger partial charge in [0.25, 0.3) is 0 Å². The lowest BCUT2D eigenvalue weighted by molar-refractivity contribution is 0.0123. The predicted octanol–water partition coefficient (Wildman–Crippen LogP) is 3.06. The number of carbonyl (C=O) groups is 1. The first-order valence-corrected chi connectivity index (χ1v) is 8.82. The number of Topliss-reactive ketones (excluding diaryl/α,β-unsaturated/α-hetero) is 1. The maximum Gasteiger partial charge on any atom is 0.179 e. The van der Waals surface area contributed by atoms with Gasteiger partial charge in [0, 0.05) is 13.3 Å². The summed E-state index contributed by atoms with van der Waals surface area (Å²) in [5, 5.41) is 12.1. The zero-order valence-corrected chi connectivity index (χ0v) is 16.2. The summed E-state index contributed by atoms with van der Waals surface area (Å²) >= 11 is 4.63. The van der Waals surface area contributed by atoms with Crippen LogP contribution in [-0.2, 0) is 11.4 Å². The Hall–Kier alpha value is -2.35. The van der Waals surface area contributed by atoms with Crippen LogP contribution in [0.25, 0.3) is 0 Å². The Balaban J connectivity index is 1.87. The van der Waals surface area contributed by atoms with Crippen molar-refractivity contribution in [3.63, 3.8) is 0 Å². The van der Waals surface area contributed by atoms with Crippen molar-refractivity contribution < 1.29 is 14.4 Å².